The Kier molecular flexibility index (Phi) is 4.43. The number of allylic oxidation sites excluding steroid dienone is 4. The summed E-state index contributed by atoms with van der Waals surface area (Å²) in [5.74, 6) is 2.43. The molecule has 21 heavy (non-hydrogen) atoms. The summed E-state index contributed by atoms with van der Waals surface area (Å²) >= 11 is 0. The van der Waals surface area contributed by atoms with Gasteiger partial charge >= 0.3 is 0 Å². The van der Waals surface area contributed by atoms with Crippen LogP contribution in [-0.2, 0) is 5.41 Å². The molecule has 0 aromatic heterocycles. The monoisotopic (exact) mass is 278 g/mol. The van der Waals surface area contributed by atoms with Crippen LogP contribution in [0.4, 0.5) is 0 Å². The Morgan fingerprint density at radius 1 is 1.24 bits per heavy atom. The molecule has 0 saturated heterocycles. The second kappa shape index (κ2) is 5.94. The van der Waals surface area contributed by atoms with Gasteiger partial charge in [-0.05, 0) is 41.9 Å². The van der Waals surface area contributed by atoms with E-state index in [1.54, 1.807) is 5.56 Å². The van der Waals surface area contributed by atoms with Crippen LogP contribution in [0.25, 0.3) is 5.57 Å². The fraction of sp³-hybridized carbons (Fsp3) is 0.429. The molecule has 1 aromatic carbocycles. The van der Waals surface area contributed by atoms with Crippen molar-refractivity contribution in [1.29, 1.82) is 0 Å². The first-order chi connectivity index (χ1) is 10.0. The predicted octanol–water partition coefficient (Wildman–Crippen LogP) is 5.75. The molecule has 0 N–H and O–H groups in total. The molecule has 2 unspecified atom stereocenters. The number of fused-ring (bicyclic) bond motifs is 3. The molecule has 0 nitrogen and oxygen atoms in total. The third-order valence-corrected chi connectivity index (χ3v) is 5.19. The van der Waals surface area contributed by atoms with E-state index in [0.717, 1.165) is 6.42 Å². The smallest absolute Gasteiger partial charge is 0.00576 e. The Morgan fingerprint density at radius 3 is 2.52 bits per heavy atom. The molecule has 0 bridgehead atoms. The molecule has 2 aliphatic carbocycles. The van der Waals surface area contributed by atoms with E-state index in [-0.39, 0.29) is 0 Å². The van der Waals surface area contributed by atoms with Crippen molar-refractivity contribution in [3.63, 3.8) is 0 Å². The summed E-state index contributed by atoms with van der Waals surface area (Å²) in [6, 6.07) is 8.93. The van der Waals surface area contributed by atoms with Crippen molar-refractivity contribution in [3.05, 3.63) is 53.6 Å². The van der Waals surface area contributed by atoms with Gasteiger partial charge in [0.25, 0.3) is 0 Å². The van der Waals surface area contributed by atoms with Crippen molar-refractivity contribution in [2.24, 2.45) is 5.41 Å². The van der Waals surface area contributed by atoms with Crippen LogP contribution in [0, 0.1) is 17.8 Å². The maximum Gasteiger partial charge on any atom is 0.00576 e. The fourth-order valence-electron chi connectivity index (χ4n) is 3.60. The SMILES string of the molecule is C#CCC.CCC12/C=C\C=C(/C)c3ccccc3C1(C)C2. The molecule has 3 rings (SSSR count). The molecule has 110 valence electrons. The highest BCUT2D eigenvalue weighted by Gasteiger charge is 2.62. The lowest BCUT2D eigenvalue weighted by Crippen LogP contribution is -2.15. The molecule has 1 aromatic rings. The van der Waals surface area contributed by atoms with Crippen molar-refractivity contribution in [1.82, 2.24) is 0 Å². The average molecular weight is 278 g/mol. The van der Waals surface area contributed by atoms with Gasteiger partial charge in [-0.15, -0.1) is 12.3 Å². The molecule has 0 amide bonds. The Bertz CT molecular complexity index is 611. The lowest BCUT2D eigenvalue weighted by molar-refractivity contribution is 0.517. The lowest BCUT2D eigenvalue weighted by Gasteiger charge is -2.23. The van der Waals surface area contributed by atoms with Crippen LogP contribution in [-0.4, -0.2) is 0 Å². The van der Waals surface area contributed by atoms with Gasteiger partial charge in [0, 0.05) is 11.8 Å². The molecule has 2 aliphatic rings. The third kappa shape index (κ3) is 2.58. The summed E-state index contributed by atoms with van der Waals surface area (Å²) in [4.78, 5) is 0. The Morgan fingerprint density at radius 2 is 1.90 bits per heavy atom. The normalized spacial score (nSPS) is 32.6. The highest BCUT2D eigenvalue weighted by molar-refractivity contribution is 5.71. The summed E-state index contributed by atoms with van der Waals surface area (Å²) in [6.07, 6.45) is 15.1. The van der Waals surface area contributed by atoms with Crippen molar-refractivity contribution in [2.45, 2.75) is 52.4 Å². The van der Waals surface area contributed by atoms with Gasteiger partial charge in [0.1, 0.15) is 0 Å². The van der Waals surface area contributed by atoms with Gasteiger partial charge in [-0.25, -0.2) is 0 Å². The highest BCUT2D eigenvalue weighted by Crippen LogP contribution is 2.68. The molecular formula is C21H26. The molecule has 0 heterocycles. The van der Waals surface area contributed by atoms with Crippen LogP contribution < -0.4 is 0 Å². The molecule has 2 atom stereocenters. The highest BCUT2D eigenvalue weighted by atomic mass is 14.7. The third-order valence-electron chi connectivity index (χ3n) is 5.19. The van der Waals surface area contributed by atoms with Crippen molar-refractivity contribution in [3.8, 4) is 12.3 Å². The lowest BCUT2D eigenvalue weighted by atomic mass is 9.80. The van der Waals surface area contributed by atoms with E-state index < -0.39 is 0 Å². The summed E-state index contributed by atoms with van der Waals surface area (Å²) in [7, 11) is 0. The quantitative estimate of drug-likeness (QED) is 0.574. The first-order valence-electron chi connectivity index (χ1n) is 7.94. The minimum atomic E-state index is 0.352. The van der Waals surface area contributed by atoms with E-state index in [2.05, 4.69) is 69.2 Å². The van der Waals surface area contributed by atoms with Gasteiger partial charge < -0.3 is 0 Å². The van der Waals surface area contributed by atoms with E-state index in [9.17, 15) is 0 Å². The van der Waals surface area contributed by atoms with E-state index in [1.807, 2.05) is 6.92 Å². The van der Waals surface area contributed by atoms with Crippen molar-refractivity contribution in [2.75, 3.05) is 0 Å². The number of terminal acetylenes is 1. The first-order valence-corrected chi connectivity index (χ1v) is 7.94. The number of rotatable bonds is 1. The molecule has 0 spiro atoms. The van der Waals surface area contributed by atoms with Crippen LogP contribution >= 0.6 is 0 Å². The van der Waals surface area contributed by atoms with E-state index in [1.165, 1.54) is 24.0 Å². The van der Waals surface area contributed by atoms with Crippen molar-refractivity contribution >= 4 is 5.57 Å². The zero-order valence-electron chi connectivity index (χ0n) is 13.7. The van der Waals surface area contributed by atoms with Crippen LogP contribution in [0.1, 0.15) is 58.1 Å². The van der Waals surface area contributed by atoms with Gasteiger partial charge in [-0.1, -0.05) is 63.3 Å². The standard InChI is InChI=1S/C17H20.C4H6/c1-4-17-11-7-8-13(2)14-9-5-6-10-15(14)16(17,3)12-17;1-3-4-2/h5-11H,4,12H2,1-3H3;1H,4H2,2H3/b11-7-,13-8+;. The fourth-order valence-corrected chi connectivity index (χ4v) is 3.60. The molecule has 0 radical (unpaired) electrons. The summed E-state index contributed by atoms with van der Waals surface area (Å²) in [5, 5.41) is 0. The zero-order chi connectivity index (χ0) is 15.5. The number of benzene rings is 1. The van der Waals surface area contributed by atoms with Gasteiger partial charge in [0.15, 0.2) is 0 Å². The van der Waals surface area contributed by atoms with E-state index in [0.29, 0.717) is 10.8 Å². The minimum absolute atomic E-state index is 0.352. The molecule has 0 heteroatoms. The van der Waals surface area contributed by atoms with Crippen LogP contribution in [0.3, 0.4) is 0 Å². The average Bonchev–Trinajstić information content (AvgIpc) is 3.12. The van der Waals surface area contributed by atoms with Crippen molar-refractivity contribution < 1.29 is 0 Å². The molecule has 1 fully saturated rings. The minimum Gasteiger partial charge on any atom is -0.120 e. The predicted molar refractivity (Wildman–Crippen MR) is 93.1 cm³/mol. The molecule has 0 aliphatic heterocycles. The second-order valence-electron chi connectivity index (χ2n) is 6.33. The van der Waals surface area contributed by atoms with Crippen LogP contribution in [0.2, 0.25) is 0 Å². The number of hydrogen-bond donors (Lipinski definition) is 0. The van der Waals surface area contributed by atoms with Gasteiger partial charge in [-0.2, -0.15) is 0 Å². The zero-order valence-corrected chi connectivity index (χ0v) is 13.7. The first kappa shape index (κ1) is 15.6. The van der Waals surface area contributed by atoms with Gasteiger partial charge in [-0.3, -0.25) is 0 Å². The second-order valence-corrected chi connectivity index (χ2v) is 6.33. The summed E-state index contributed by atoms with van der Waals surface area (Å²) in [5.41, 5.74) is 5.12. The number of hydrogen-bond acceptors (Lipinski definition) is 0. The molecule has 1 saturated carbocycles. The van der Waals surface area contributed by atoms with E-state index >= 15 is 0 Å². The van der Waals surface area contributed by atoms with Gasteiger partial charge in [0.2, 0.25) is 0 Å². The maximum atomic E-state index is 4.78. The van der Waals surface area contributed by atoms with E-state index in [4.69, 9.17) is 6.42 Å². The van der Waals surface area contributed by atoms with Gasteiger partial charge in [0.05, 0.1) is 0 Å². The Balaban J connectivity index is 0.000000361. The largest absolute Gasteiger partial charge is 0.120 e. The Labute approximate surface area is 130 Å². The topological polar surface area (TPSA) is 0 Å². The summed E-state index contributed by atoms with van der Waals surface area (Å²) in [6.45, 7) is 8.91. The summed E-state index contributed by atoms with van der Waals surface area (Å²) < 4.78 is 0. The van der Waals surface area contributed by atoms with Crippen LogP contribution in [0.5, 0.6) is 0 Å². The maximum absolute atomic E-state index is 4.78. The van der Waals surface area contributed by atoms with Crippen LogP contribution in [0.15, 0.2) is 42.5 Å². The molecular weight excluding hydrogens is 252 g/mol. The Hall–Kier alpha value is -1.74.